The zero-order chi connectivity index (χ0) is 36.6. The second-order valence-electron chi connectivity index (χ2n) is 14.1. The van der Waals surface area contributed by atoms with Crippen LogP contribution in [0.15, 0.2) is 224 Å². The first-order chi connectivity index (χ1) is 27.3. The molecule has 10 rings (SSSR count). The lowest BCUT2D eigenvalue weighted by atomic mass is 9.89. The molecule has 0 fully saturated rings. The third-order valence-corrected chi connectivity index (χ3v) is 10.9. The average molecular weight is 700 g/mol. The summed E-state index contributed by atoms with van der Waals surface area (Å²) in [5, 5.41) is 7.45. The topological polar surface area (TPSA) is 3.24 Å². The standard InChI is InChI=1S/C54H37N/c1-2-12-42(13-3-1)52-37-32-43-16-6-9-21-51(43)54(52)45-30-35-47(36-31-45)55(53-23-11-18-41-15-5-8-20-50(41)53)46-33-28-39(29-34-46)38-24-26-44(27-25-38)49-22-10-17-40-14-4-7-19-48(40)49/h1-37H. The van der Waals surface area contributed by atoms with Crippen LogP contribution in [0.5, 0.6) is 0 Å². The Kier molecular flexibility index (Phi) is 8.24. The first-order valence-electron chi connectivity index (χ1n) is 18.9. The van der Waals surface area contributed by atoms with Gasteiger partial charge in [-0.25, -0.2) is 0 Å². The van der Waals surface area contributed by atoms with Crippen LogP contribution in [0.1, 0.15) is 0 Å². The highest BCUT2D eigenvalue weighted by molar-refractivity contribution is 6.05. The van der Waals surface area contributed by atoms with Crippen molar-refractivity contribution in [1.29, 1.82) is 0 Å². The van der Waals surface area contributed by atoms with Gasteiger partial charge in [0.25, 0.3) is 0 Å². The molecule has 0 unspecified atom stereocenters. The molecule has 0 amide bonds. The van der Waals surface area contributed by atoms with Crippen molar-refractivity contribution in [1.82, 2.24) is 0 Å². The van der Waals surface area contributed by atoms with Crippen LogP contribution in [-0.4, -0.2) is 0 Å². The van der Waals surface area contributed by atoms with Crippen LogP contribution in [0.3, 0.4) is 0 Å². The van der Waals surface area contributed by atoms with Crippen LogP contribution >= 0.6 is 0 Å². The average Bonchev–Trinajstić information content (AvgIpc) is 3.27. The van der Waals surface area contributed by atoms with Gasteiger partial charge in [-0.05, 0) is 102 Å². The fourth-order valence-electron chi connectivity index (χ4n) is 8.17. The van der Waals surface area contributed by atoms with Gasteiger partial charge in [0.1, 0.15) is 0 Å². The van der Waals surface area contributed by atoms with Crippen LogP contribution in [0.25, 0.3) is 76.8 Å². The highest BCUT2D eigenvalue weighted by Crippen LogP contribution is 2.43. The number of hydrogen-bond donors (Lipinski definition) is 0. The summed E-state index contributed by atoms with van der Waals surface area (Å²) >= 11 is 0. The molecule has 0 atom stereocenters. The molecule has 0 bridgehead atoms. The van der Waals surface area contributed by atoms with E-state index in [2.05, 4.69) is 229 Å². The molecule has 0 aliphatic carbocycles. The maximum Gasteiger partial charge on any atom is 0.0540 e. The quantitative estimate of drug-likeness (QED) is 0.160. The molecule has 0 radical (unpaired) electrons. The van der Waals surface area contributed by atoms with Gasteiger partial charge in [-0.3, -0.25) is 0 Å². The van der Waals surface area contributed by atoms with Crippen molar-refractivity contribution in [2.75, 3.05) is 4.90 Å². The number of fused-ring (bicyclic) bond motifs is 3. The molecule has 0 saturated carbocycles. The van der Waals surface area contributed by atoms with Gasteiger partial charge in [0.2, 0.25) is 0 Å². The summed E-state index contributed by atoms with van der Waals surface area (Å²) in [6.45, 7) is 0. The summed E-state index contributed by atoms with van der Waals surface area (Å²) in [4.78, 5) is 2.39. The number of nitrogens with zero attached hydrogens (tertiary/aromatic N) is 1. The number of hydrogen-bond acceptors (Lipinski definition) is 1. The van der Waals surface area contributed by atoms with Crippen LogP contribution in [0, 0.1) is 0 Å². The Morgan fingerprint density at radius 1 is 0.236 bits per heavy atom. The van der Waals surface area contributed by atoms with Crippen molar-refractivity contribution in [2.24, 2.45) is 0 Å². The first kappa shape index (κ1) is 32.4. The van der Waals surface area contributed by atoms with E-state index in [0.29, 0.717) is 0 Å². The molecular weight excluding hydrogens is 663 g/mol. The van der Waals surface area contributed by atoms with Gasteiger partial charge >= 0.3 is 0 Å². The molecule has 1 nitrogen and oxygen atoms in total. The van der Waals surface area contributed by atoms with E-state index >= 15 is 0 Å². The minimum atomic E-state index is 1.11. The highest BCUT2D eigenvalue weighted by atomic mass is 15.1. The normalized spacial score (nSPS) is 11.3. The number of benzene rings is 10. The first-order valence-corrected chi connectivity index (χ1v) is 18.9. The van der Waals surface area contributed by atoms with Gasteiger partial charge < -0.3 is 4.90 Å². The number of rotatable bonds is 7. The fraction of sp³-hybridized carbons (Fsp3) is 0. The maximum atomic E-state index is 2.39. The summed E-state index contributed by atoms with van der Waals surface area (Å²) < 4.78 is 0. The van der Waals surface area contributed by atoms with Gasteiger partial charge in [-0.2, -0.15) is 0 Å². The Morgan fingerprint density at radius 2 is 0.691 bits per heavy atom. The van der Waals surface area contributed by atoms with E-state index in [9.17, 15) is 0 Å². The van der Waals surface area contributed by atoms with Gasteiger partial charge in [0, 0.05) is 16.8 Å². The molecular formula is C54H37N. The zero-order valence-electron chi connectivity index (χ0n) is 30.3. The Morgan fingerprint density at radius 3 is 1.36 bits per heavy atom. The van der Waals surface area contributed by atoms with E-state index < -0.39 is 0 Å². The molecule has 0 heterocycles. The van der Waals surface area contributed by atoms with E-state index in [1.807, 2.05) is 0 Å². The number of anilines is 3. The lowest BCUT2D eigenvalue weighted by molar-refractivity contribution is 1.30. The second-order valence-corrected chi connectivity index (χ2v) is 14.1. The Bertz CT molecular complexity index is 2930. The van der Waals surface area contributed by atoms with Crippen LogP contribution in [0.4, 0.5) is 17.1 Å². The molecule has 0 spiro atoms. The van der Waals surface area contributed by atoms with Crippen molar-refractivity contribution >= 4 is 49.4 Å². The lowest BCUT2D eigenvalue weighted by Crippen LogP contribution is -2.10. The molecule has 10 aromatic carbocycles. The molecule has 258 valence electrons. The molecule has 0 aliphatic heterocycles. The van der Waals surface area contributed by atoms with Crippen LogP contribution < -0.4 is 4.90 Å². The molecule has 0 saturated heterocycles. The highest BCUT2D eigenvalue weighted by Gasteiger charge is 2.18. The minimum Gasteiger partial charge on any atom is -0.310 e. The monoisotopic (exact) mass is 699 g/mol. The third kappa shape index (κ3) is 6.02. The molecule has 0 aromatic heterocycles. The Hall–Kier alpha value is -7.22. The summed E-state index contributed by atoms with van der Waals surface area (Å²) in [5.74, 6) is 0. The largest absolute Gasteiger partial charge is 0.310 e. The third-order valence-electron chi connectivity index (χ3n) is 10.9. The summed E-state index contributed by atoms with van der Waals surface area (Å²) in [5.41, 5.74) is 13.1. The van der Waals surface area contributed by atoms with E-state index in [-0.39, 0.29) is 0 Å². The molecule has 1 heteroatoms. The van der Waals surface area contributed by atoms with E-state index in [1.165, 1.54) is 76.8 Å². The summed E-state index contributed by atoms with van der Waals surface area (Å²) in [6, 6.07) is 81.4. The molecule has 55 heavy (non-hydrogen) atoms. The zero-order valence-corrected chi connectivity index (χ0v) is 30.3. The van der Waals surface area contributed by atoms with Crippen LogP contribution in [-0.2, 0) is 0 Å². The second kappa shape index (κ2) is 14.0. The van der Waals surface area contributed by atoms with Gasteiger partial charge in [0.05, 0.1) is 5.69 Å². The minimum absolute atomic E-state index is 1.11. The Balaban J connectivity index is 1.04. The van der Waals surface area contributed by atoms with Crippen LogP contribution in [0.2, 0.25) is 0 Å². The SMILES string of the molecule is c1ccc(-c2ccc3ccccc3c2-c2ccc(N(c3ccc(-c4ccc(-c5cccc6ccccc56)cc4)cc3)c3cccc4ccccc34)cc2)cc1. The fourth-order valence-corrected chi connectivity index (χ4v) is 8.17. The molecule has 10 aromatic rings. The summed E-state index contributed by atoms with van der Waals surface area (Å²) in [7, 11) is 0. The van der Waals surface area contributed by atoms with Gasteiger partial charge in [0.15, 0.2) is 0 Å². The van der Waals surface area contributed by atoms with E-state index in [0.717, 1.165) is 17.1 Å². The lowest BCUT2D eigenvalue weighted by Gasteiger charge is -2.27. The van der Waals surface area contributed by atoms with Gasteiger partial charge in [-0.15, -0.1) is 0 Å². The van der Waals surface area contributed by atoms with E-state index in [1.54, 1.807) is 0 Å². The Labute approximate surface area is 322 Å². The molecule has 0 aliphatic rings. The smallest absolute Gasteiger partial charge is 0.0540 e. The van der Waals surface area contributed by atoms with E-state index in [4.69, 9.17) is 0 Å². The van der Waals surface area contributed by atoms with Crippen molar-refractivity contribution < 1.29 is 0 Å². The van der Waals surface area contributed by atoms with Crippen molar-refractivity contribution in [3.63, 3.8) is 0 Å². The predicted octanol–water partition coefficient (Wildman–Crippen LogP) is 15.3. The van der Waals surface area contributed by atoms with Crippen molar-refractivity contribution in [2.45, 2.75) is 0 Å². The van der Waals surface area contributed by atoms with Crippen molar-refractivity contribution in [3.8, 4) is 44.5 Å². The summed E-state index contributed by atoms with van der Waals surface area (Å²) in [6.07, 6.45) is 0. The predicted molar refractivity (Wildman–Crippen MR) is 235 cm³/mol. The van der Waals surface area contributed by atoms with Gasteiger partial charge in [-0.1, -0.05) is 194 Å². The molecule has 0 N–H and O–H groups in total. The maximum absolute atomic E-state index is 2.39. The van der Waals surface area contributed by atoms with Crippen molar-refractivity contribution in [3.05, 3.63) is 224 Å².